The first-order valence-corrected chi connectivity index (χ1v) is 8.76. The molecule has 1 aliphatic heterocycles. The van der Waals surface area contributed by atoms with Crippen LogP contribution in [0.25, 0.3) is 0 Å². The molecule has 0 spiro atoms. The lowest BCUT2D eigenvalue weighted by Crippen LogP contribution is -2.52. The maximum Gasteiger partial charge on any atom is 0.305 e. The van der Waals surface area contributed by atoms with Crippen LogP contribution in [0.3, 0.4) is 0 Å². The molecule has 1 N–H and O–H groups in total. The number of ether oxygens (including phenoxy) is 1. The van der Waals surface area contributed by atoms with Crippen molar-refractivity contribution in [1.29, 1.82) is 0 Å². The number of carbonyl (C=O) groups is 1. The largest absolute Gasteiger partial charge is 0.469 e. The monoisotopic (exact) mass is 296 g/mol. The van der Waals surface area contributed by atoms with Crippen LogP contribution in [0.15, 0.2) is 0 Å². The summed E-state index contributed by atoms with van der Waals surface area (Å²) in [7, 11) is 1.49. The molecule has 1 heterocycles. The summed E-state index contributed by atoms with van der Waals surface area (Å²) in [6.45, 7) is 5.56. The van der Waals surface area contributed by atoms with E-state index in [2.05, 4.69) is 17.1 Å². The normalized spacial score (nSPS) is 28.5. The van der Waals surface area contributed by atoms with Crippen LogP contribution in [-0.2, 0) is 9.53 Å². The van der Waals surface area contributed by atoms with Gasteiger partial charge in [-0.25, -0.2) is 0 Å². The van der Waals surface area contributed by atoms with Gasteiger partial charge in [-0.05, 0) is 38.1 Å². The van der Waals surface area contributed by atoms with Gasteiger partial charge in [-0.2, -0.15) is 0 Å². The van der Waals surface area contributed by atoms with Crippen LogP contribution in [0.2, 0.25) is 0 Å². The average molecular weight is 296 g/mol. The van der Waals surface area contributed by atoms with Crippen molar-refractivity contribution in [3.05, 3.63) is 0 Å². The standard InChI is InChI=1S/C17H32N2O2/c1-3-9-19-12-14(11-17(20)21-2)10-16(13-19)18-15-7-5-4-6-8-15/h14-16,18H,3-13H2,1-2H3. The second-order valence-corrected chi connectivity index (χ2v) is 6.84. The first kappa shape index (κ1) is 16.8. The van der Waals surface area contributed by atoms with Crippen LogP contribution in [0.1, 0.15) is 58.3 Å². The molecule has 1 aliphatic carbocycles. The van der Waals surface area contributed by atoms with Gasteiger partial charge in [-0.1, -0.05) is 26.2 Å². The fourth-order valence-corrected chi connectivity index (χ4v) is 3.99. The topological polar surface area (TPSA) is 41.6 Å². The number of rotatable bonds is 6. The van der Waals surface area contributed by atoms with Gasteiger partial charge in [0.05, 0.1) is 7.11 Å². The van der Waals surface area contributed by atoms with Gasteiger partial charge in [-0.15, -0.1) is 0 Å². The molecular formula is C17H32N2O2. The Hall–Kier alpha value is -0.610. The summed E-state index contributed by atoms with van der Waals surface area (Å²) in [6.07, 6.45) is 9.66. The van der Waals surface area contributed by atoms with Gasteiger partial charge in [0.15, 0.2) is 0 Å². The number of esters is 1. The molecule has 0 aromatic rings. The van der Waals surface area contributed by atoms with Crippen molar-refractivity contribution in [2.45, 2.75) is 70.4 Å². The molecule has 0 bridgehead atoms. The van der Waals surface area contributed by atoms with Crippen molar-refractivity contribution in [3.63, 3.8) is 0 Å². The van der Waals surface area contributed by atoms with Crippen molar-refractivity contribution in [2.75, 3.05) is 26.7 Å². The molecule has 2 unspecified atom stereocenters. The van der Waals surface area contributed by atoms with Gasteiger partial charge in [0.25, 0.3) is 0 Å². The molecule has 2 aliphatic rings. The van der Waals surface area contributed by atoms with Crippen LogP contribution in [0.4, 0.5) is 0 Å². The molecular weight excluding hydrogens is 264 g/mol. The van der Waals surface area contributed by atoms with Crippen molar-refractivity contribution in [3.8, 4) is 0 Å². The number of hydrogen-bond acceptors (Lipinski definition) is 4. The van der Waals surface area contributed by atoms with E-state index in [0.29, 0.717) is 24.4 Å². The van der Waals surface area contributed by atoms with E-state index >= 15 is 0 Å². The van der Waals surface area contributed by atoms with Crippen molar-refractivity contribution in [2.24, 2.45) is 5.92 Å². The SMILES string of the molecule is CCCN1CC(CC(=O)OC)CC(NC2CCCCC2)C1. The Bertz CT molecular complexity index is 316. The van der Waals surface area contributed by atoms with Crippen LogP contribution >= 0.6 is 0 Å². The number of methoxy groups -OCH3 is 1. The summed E-state index contributed by atoms with van der Waals surface area (Å²) in [4.78, 5) is 14.1. The van der Waals surface area contributed by atoms with Gasteiger partial charge < -0.3 is 15.0 Å². The van der Waals surface area contributed by atoms with E-state index in [0.717, 1.165) is 26.1 Å². The maximum absolute atomic E-state index is 11.6. The van der Waals surface area contributed by atoms with Crippen LogP contribution in [0.5, 0.6) is 0 Å². The summed E-state index contributed by atoms with van der Waals surface area (Å²) < 4.78 is 4.86. The lowest BCUT2D eigenvalue weighted by Gasteiger charge is -2.40. The summed E-state index contributed by atoms with van der Waals surface area (Å²) in [5, 5.41) is 3.87. The van der Waals surface area contributed by atoms with Crippen molar-refractivity contribution < 1.29 is 9.53 Å². The molecule has 2 rings (SSSR count). The predicted octanol–water partition coefficient (Wildman–Crippen LogP) is 2.57. The number of nitrogens with zero attached hydrogens (tertiary/aromatic N) is 1. The smallest absolute Gasteiger partial charge is 0.305 e. The molecule has 1 saturated carbocycles. The Labute approximate surface area is 129 Å². The highest BCUT2D eigenvalue weighted by molar-refractivity contribution is 5.69. The Morgan fingerprint density at radius 2 is 1.95 bits per heavy atom. The van der Waals surface area contributed by atoms with E-state index in [4.69, 9.17) is 4.74 Å². The van der Waals surface area contributed by atoms with Gasteiger partial charge in [-0.3, -0.25) is 4.79 Å². The lowest BCUT2D eigenvalue weighted by molar-refractivity contribution is -0.142. The summed E-state index contributed by atoms with van der Waals surface area (Å²) >= 11 is 0. The number of nitrogens with one attached hydrogen (secondary N) is 1. The fourth-order valence-electron chi connectivity index (χ4n) is 3.99. The van der Waals surface area contributed by atoms with E-state index in [9.17, 15) is 4.79 Å². The third-order valence-electron chi connectivity index (χ3n) is 4.91. The fraction of sp³-hybridized carbons (Fsp3) is 0.941. The molecule has 0 radical (unpaired) electrons. The Kier molecular flexibility index (Phi) is 6.97. The van der Waals surface area contributed by atoms with Crippen molar-refractivity contribution >= 4 is 5.97 Å². The Morgan fingerprint density at radius 1 is 1.19 bits per heavy atom. The van der Waals surface area contributed by atoms with Crippen LogP contribution in [0, 0.1) is 5.92 Å². The molecule has 0 amide bonds. The van der Waals surface area contributed by atoms with Gasteiger partial charge in [0, 0.05) is 31.6 Å². The number of carbonyl (C=O) groups excluding carboxylic acids is 1. The summed E-state index contributed by atoms with van der Waals surface area (Å²) in [6, 6.07) is 1.24. The second-order valence-electron chi connectivity index (χ2n) is 6.84. The van der Waals surface area contributed by atoms with E-state index in [1.165, 1.54) is 45.6 Å². The number of hydrogen-bond donors (Lipinski definition) is 1. The molecule has 0 aromatic heterocycles. The molecule has 2 atom stereocenters. The zero-order valence-electron chi connectivity index (χ0n) is 13.8. The molecule has 4 heteroatoms. The highest BCUT2D eigenvalue weighted by Gasteiger charge is 2.30. The molecule has 2 fully saturated rings. The van der Waals surface area contributed by atoms with Gasteiger partial charge >= 0.3 is 5.97 Å². The molecule has 4 nitrogen and oxygen atoms in total. The minimum atomic E-state index is -0.0604. The van der Waals surface area contributed by atoms with Crippen molar-refractivity contribution in [1.82, 2.24) is 10.2 Å². The maximum atomic E-state index is 11.6. The zero-order chi connectivity index (χ0) is 15.1. The highest BCUT2D eigenvalue weighted by Crippen LogP contribution is 2.24. The first-order chi connectivity index (χ1) is 10.2. The molecule has 21 heavy (non-hydrogen) atoms. The number of likely N-dealkylation sites (tertiary alicyclic amines) is 1. The lowest BCUT2D eigenvalue weighted by atomic mass is 9.89. The third-order valence-corrected chi connectivity index (χ3v) is 4.91. The summed E-state index contributed by atoms with van der Waals surface area (Å²) in [5.41, 5.74) is 0. The van der Waals surface area contributed by atoms with Crippen LogP contribution in [-0.4, -0.2) is 49.7 Å². The zero-order valence-corrected chi connectivity index (χ0v) is 13.8. The van der Waals surface area contributed by atoms with Gasteiger partial charge in [0.2, 0.25) is 0 Å². The quantitative estimate of drug-likeness (QED) is 0.765. The van der Waals surface area contributed by atoms with E-state index in [-0.39, 0.29) is 5.97 Å². The Balaban J connectivity index is 1.87. The molecule has 0 aromatic carbocycles. The molecule has 1 saturated heterocycles. The van der Waals surface area contributed by atoms with E-state index in [1.54, 1.807) is 0 Å². The van der Waals surface area contributed by atoms with Gasteiger partial charge in [0.1, 0.15) is 0 Å². The van der Waals surface area contributed by atoms with Crippen LogP contribution < -0.4 is 5.32 Å². The summed E-state index contributed by atoms with van der Waals surface area (Å²) in [5.74, 6) is 0.383. The highest BCUT2D eigenvalue weighted by atomic mass is 16.5. The molecule has 122 valence electrons. The Morgan fingerprint density at radius 3 is 2.62 bits per heavy atom. The second kappa shape index (κ2) is 8.74. The number of piperidine rings is 1. The first-order valence-electron chi connectivity index (χ1n) is 8.76. The average Bonchev–Trinajstić information content (AvgIpc) is 2.48. The third kappa shape index (κ3) is 5.59. The minimum absolute atomic E-state index is 0.0604. The van der Waals surface area contributed by atoms with E-state index in [1.807, 2.05) is 0 Å². The minimum Gasteiger partial charge on any atom is -0.469 e. The predicted molar refractivity (Wildman–Crippen MR) is 85.3 cm³/mol. The van der Waals surface area contributed by atoms with E-state index < -0.39 is 0 Å².